The van der Waals surface area contributed by atoms with E-state index in [1.54, 1.807) is 18.5 Å². The van der Waals surface area contributed by atoms with Gasteiger partial charge >= 0.3 is 0 Å². The van der Waals surface area contributed by atoms with Gasteiger partial charge in [0.15, 0.2) is 0 Å². The number of rotatable bonds is 2. The van der Waals surface area contributed by atoms with Crippen LogP contribution < -0.4 is 5.32 Å². The number of nitrogens with zero attached hydrogens (tertiary/aromatic N) is 2. The summed E-state index contributed by atoms with van der Waals surface area (Å²) in [7, 11) is 0. The van der Waals surface area contributed by atoms with Crippen molar-refractivity contribution in [2.75, 3.05) is 5.32 Å². The van der Waals surface area contributed by atoms with Gasteiger partial charge in [-0.1, -0.05) is 12.8 Å². The molecule has 2 rings (SSSR count). The van der Waals surface area contributed by atoms with Crippen LogP contribution in [0.5, 0.6) is 0 Å². The predicted octanol–water partition coefficient (Wildman–Crippen LogP) is 2.17. The molecule has 14 heavy (non-hydrogen) atoms. The zero-order valence-electron chi connectivity index (χ0n) is 7.99. The Bertz CT molecular complexity index is 278. The zero-order chi connectivity index (χ0) is 9.80. The number of halogens is 1. The minimum absolute atomic E-state index is 0.105. The van der Waals surface area contributed by atoms with Gasteiger partial charge in [0.05, 0.1) is 6.04 Å². The Morgan fingerprint density at radius 1 is 1.21 bits per heavy atom. The Labute approximate surface area is 82.8 Å². The fourth-order valence-corrected chi connectivity index (χ4v) is 1.79. The molecule has 0 spiro atoms. The Hall–Kier alpha value is -1.19. The molecular formula is C10H14FN3. The van der Waals surface area contributed by atoms with E-state index in [0.29, 0.717) is 12.4 Å². The van der Waals surface area contributed by atoms with Gasteiger partial charge in [0.1, 0.15) is 6.17 Å². The standard InChI is InChI=1S/C10H14FN3/c11-8-4-1-2-5-9(8)14-10-12-6-3-7-13-10/h3,6-9H,1-2,4-5H2,(H,12,13,14)/t8-,9-/m1/s1. The molecule has 1 aliphatic carbocycles. The monoisotopic (exact) mass is 195 g/mol. The number of nitrogens with one attached hydrogen (secondary N) is 1. The average Bonchev–Trinajstić information content (AvgIpc) is 2.23. The van der Waals surface area contributed by atoms with Gasteiger partial charge in [-0.2, -0.15) is 0 Å². The third-order valence-corrected chi connectivity index (χ3v) is 2.56. The van der Waals surface area contributed by atoms with E-state index in [1.165, 1.54) is 0 Å². The van der Waals surface area contributed by atoms with Crippen LogP contribution >= 0.6 is 0 Å². The first kappa shape index (κ1) is 9.37. The van der Waals surface area contributed by atoms with Crippen molar-refractivity contribution in [2.24, 2.45) is 0 Å². The van der Waals surface area contributed by atoms with Crippen molar-refractivity contribution in [2.45, 2.75) is 37.9 Å². The van der Waals surface area contributed by atoms with Crippen molar-refractivity contribution >= 4 is 5.95 Å². The predicted molar refractivity (Wildman–Crippen MR) is 52.8 cm³/mol. The number of hydrogen-bond acceptors (Lipinski definition) is 3. The molecule has 1 aromatic heterocycles. The van der Waals surface area contributed by atoms with Crippen molar-refractivity contribution in [1.29, 1.82) is 0 Å². The molecule has 0 radical (unpaired) electrons. The molecule has 76 valence electrons. The Kier molecular flexibility index (Phi) is 2.91. The van der Waals surface area contributed by atoms with E-state index in [4.69, 9.17) is 0 Å². The molecule has 1 aliphatic rings. The van der Waals surface area contributed by atoms with Crippen molar-refractivity contribution in [3.8, 4) is 0 Å². The molecule has 0 unspecified atom stereocenters. The van der Waals surface area contributed by atoms with Crippen LogP contribution in [0.1, 0.15) is 25.7 Å². The van der Waals surface area contributed by atoms with Crippen LogP contribution in [0, 0.1) is 0 Å². The summed E-state index contributed by atoms with van der Waals surface area (Å²) >= 11 is 0. The highest BCUT2D eigenvalue weighted by molar-refractivity contribution is 5.25. The molecule has 0 amide bonds. The Balaban J connectivity index is 1.96. The fraction of sp³-hybridized carbons (Fsp3) is 0.600. The smallest absolute Gasteiger partial charge is 0.222 e. The zero-order valence-corrected chi connectivity index (χ0v) is 7.99. The summed E-state index contributed by atoms with van der Waals surface area (Å²) in [6.07, 6.45) is 6.17. The molecule has 1 saturated carbocycles. The molecule has 0 bridgehead atoms. The summed E-state index contributed by atoms with van der Waals surface area (Å²) in [5.41, 5.74) is 0. The van der Waals surface area contributed by atoms with Gasteiger partial charge in [-0.25, -0.2) is 14.4 Å². The Morgan fingerprint density at radius 2 is 1.93 bits per heavy atom. The fourth-order valence-electron chi connectivity index (χ4n) is 1.79. The molecule has 1 N–H and O–H groups in total. The van der Waals surface area contributed by atoms with Crippen molar-refractivity contribution < 1.29 is 4.39 Å². The second-order valence-corrected chi connectivity index (χ2v) is 3.62. The van der Waals surface area contributed by atoms with Gasteiger partial charge in [0.2, 0.25) is 5.95 Å². The summed E-state index contributed by atoms with van der Waals surface area (Å²) in [6, 6.07) is 1.64. The highest BCUT2D eigenvalue weighted by atomic mass is 19.1. The van der Waals surface area contributed by atoms with Crippen LogP contribution in [0.2, 0.25) is 0 Å². The maximum Gasteiger partial charge on any atom is 0.222 e. The average molecular weight is 195 g/mol. The van der Waals surface area contributed by atoms with Crippen molar-refractivity contribution in [3.05, 3.63) is 18.5 Å². The first-order valence-electron chi connectivity index (χ1n) is 5.04. The molecular weight excluding hydrogens is 181 g/mol. The SMILES string of the molecule is F[C@@H]1CCCC[C@H]1Nc1ncccn1. The second kappa shape index (κ2) is 4.35. The van der Waals surface area contributed by atoms with Gasteiger partial charge in [0.25, 0.3) is 0 Å². The first-order valence-corrected chi connectivity index (χ1v) is 5.04. The van der Waals surface area contributed by atoms with E-state index in [1.807, 2.05) is 0 Å². The van der Waals surface area contributed by atoms with Crippen LogP contribution in [0.4, 0.5) is 10.3 Å². The van der Waals surface area contributed by atoms with Gasteiger partial charge in [-0.05, 0) is 18.9 Å². The summed E-state index contributed by atoms with van der Waals surface area (Å²) < 4.78 is 13.4. The third-order valence-electron chi connectivity index (χ3n) is 2.56. The van der Waals surface area contributed by atoms with Gasteiger partial charge in [0, 0.05) is 12.4 Å². The summed E-state index contributed by atoms with van der Waals surface area (Å²) in [5.74, 6) is 0.530. The number of anilines is 1. The maximum absolute atomic E-state index is 13.4. The number of alkyl halides is 1. The molecule has 1 fully saturated rings. The van der Waals surface area contributed by atoms with Gasteiger partial charge in [-0.15, -0.1) is 0 Å². The van der Waals surface area contributed by atoms with Crippen molar-refractivity contribution in [3.63, 3.8) is 0 Å². The number of aromatic nitrogens is 2. The van der Waals surface area contributed by atoms with Crippen LogP contribution in [0.3, 0.4) is 0 Å². The number of hydrogen-bond donors (Lipinski definition) is 1. The van der Waals surface area contributed by atoms with Crippen LogP contribution in [0.15, 0.2) is 18.5 Å². The molecule has 4 heteroatoms. The van der Waals surface area contributed by atoms with Gasteiger partial charge in [-0.3, -0.25) is 0 Å². The summed E-state index contributed by atoms with van der Waals surface area (Å²) in [5, 5.41) is 3.03. The lowest BCUT2D eigenvalue weighted by Gasteiger charge is -2.26. The summed E-state index contributed by atoms with van der Waals surface area (Å²) in [6.45, 7) is 0. The molecule has 0 saturated heterocycles. The van der Waals surface area contributed by atoms with E-state index in [2.05, 4.69) is 15.3 Å². The topological polar surface area (TPSA) is 37.8 Å². The molecule has 0 aliphatic heterocycles. The lowest BCUT2D eigenvalue weighted by atomic mass is 9.94. The highest BCUT2D eigenvalue weighted by Gasteiger charge is 2.24. The van der Waals surface area contributed by atoms with Crippen LogP contribution in [-0.2, 0) is 0 Å². The minimum Gasteiger partial charge on any atom is -0.349 e. The Morgan fingerprint density at radius 3 is 2.64 bits per heavy atom. The minimum atomic E-state index is -0.757. The second-order valence-electron chi connectivity index (χ2n) is 3.62. The van der Waals surface area contributed by atoms with E-state index >= 15 is 0 Å². The third kappa shape index (κ3) is 2.19. The summed E-state index contributed by atoms with van der Waals surface area (Å²) in [4.78, 5) is 8.04. The van der Waals surface area contributed by atoms with E-state index in [0.717, 1.165) is 19.3 Å². The molecule has 3 nitrogen and oxygen atoms in total. The van der Waals surface area contributed by atoms with E-state index < -0.39 is 6.17 Å². The quantitative estimate of drug-likeness (QED) is 0.785. The lowest BCUT2D eigenvalue weighted by molar-refractivity contribution is 0.229. The molecule has 2 atom stereocenters. The highest BCUT2D eigenvalue weighted by Crippen LogP contribution is 2.23. The first-order chi connectivity index (χ1) is 6.86. The lowest BCUT2D eigenvalue weighted by Crippen LogP contribution is -2.34. The molecule has 1 heterocycles. The van der Waals surface area contributed by atoms with Crippen LogP contribution in [-0.4, -0.2) is 22.2 Å². The largest absolute Gasteiger partial charge is 0.349 e. The van der Waals surface area contributed by atoms with Gasteiger partial charge < -0.3 is 5.32 Å². The maximum atomic E-state index is 13.4. The van der Waals surface area contributed by atoms with Crippen LogP contribution in [0.25, 0.3) is 0 Å². The van der Waals surface area contributed by atoms with Crippen molar-refractivity contribution in [1.82, 2.24) is 9.97 Å². The van der Waals surface area contributed by atoms with E-state index in [9.17, 15) is 4.39 Å². The van der Waals surface area contributed by atoms with E-state index in [-0.39, 0.29) is 6.04 Å². The normalized spacial score (nSPS) is 27.2. The molecule has 1 aromatic rings. The molecule has 0 aromatic carbocycles.